The van der Waals surface area contributed by atoms with Gasteiger partial charge in [-0.2, -0.15) is 0 Å². The van der Waals surface area contributed by atoms with Crippen LogP contribution in [0.5, 0.6) is 0 Å². The van der Waals surface area contributed by atoms with Crippen molar-refractivity contribution in [3.63, 3.8) is 0 Å². The molecule has 128 valence electrons. The molecule has 1 aliphatic heterocycles. The van der Waals surface area contributed by atoms with Crippen LogP contribution < -0.4 is 0 Å². The number of nitrogens with zero attached hydrogens (tertiary/aromatic N) is 2. The zero-order valence-corrected chi connectivity index (χ0v) is 13.8. The number of hydrogen-bond donors (Lipinski definition) is 2. The number of carboxylic acids is 2. The lowest BCUT2D eigenvalue weighted by atomic mass is 10.1. The van der Waals surface area contributed by atoms with Crippen LogP contribution in [0.3, 0.4) is 0 Å². The number of aliphatic carboxylic acids is 2. The van der Waals surface area contributed by atoms with E-state index in [9.17, 15) is 0 Å². The van der Waals surface area contributed by atoms with Crippen LogP contribution in [0.2, 0.25) is 0 Å². The van der Waals surface area contributed by atoms with E-state index in [1.165, 1.54) is 64.7 Å². The van der Waals surface area contributed by atoms with Gasteiger partial charge in [0.2, 0.25) is 0 Å². The summed E-state index contributed by atoms with van der Waals surface area (Å²) in [7, 11) is 0. The molecule has 2 N–H and O–H groups in total. The summed E-state index contributed by atoms with van der Waals surface area (Å²) in [5.41, 5.74) is 0. The van der Waals surface area contributed by atoms with Gasteiger partial charge in [0.1, 0.15) is 0 Å². The molecule has 0 aromatic rings. The summed E-state index contributed by atoms with van der Waals surface area (Å²) in [6.45, 7) is 9.83. The third-order valence-electron chi connectivity index (χ3n) is 4.60. The third kappa shape index (κ3) is 6.75. The first-order valence-corrected chi connectivity index (χ1v) is 8.36. The van der Waals surface area contributed by atoms with Crippen molar-refractivity contribution in [2.24, 2.45) is 0 Å². The maximum Gasteiger partial charge on any atom is 0.414 e. The molecule has 0 amide bonds. The minimum Gasteiger partial charge on any atom is -0.473 e. The molecule has 0 bridgehead atoms. The number of carboxylic acid groups (broad SMARTS) is 2. The van der Waals surface area contributed by atoms with Gasteiger partial charge >= 0.3 is 11.9 Å². The van der Waals surface area contributed by atoms with Crippen LogP contribution in [0.4, 0.5) is 0 Å². The van der Waals surface area contributed by atoms with Gasteiger partial charge in [-0.15, -0.1) is 0 Å². The number of hydrogen-bond acceptors (Lipinski definition) is 4. The molecule has 1 aliphatic carbocycles. The fourth-order valence-corrected chi connectivity index (χ4v) is 3.24. The Morgan fingerprint density at radius 3 is 1.68 bits per heavy atom. The molecular formula is C16H30N2O4. The molecule has 0 atom stereocenters. The van der Waals surface area contributed by atoms with Gasteiger partial charge in [0.25, 0.3) is 0 Å². The van der Waals surface area contributed by atoms with Crippen LogP contribution in [-0.4, -0.2) is 70.2 Å². The minimum absolute atomic E-state index is 0.733. The minimum atomic E-state index is -1.82. The summed E-state index contributed by atoms with van der Waals surface area (Å²) >= 11 is 0. The van der Waals surface area contributed by atoms with Gasteiger partial charge in [-0.05, 0) is 26.7 Å². The molecule has 1 saturated heterocycles. The molecule has 6 heteroatoms. The monoisotopic (exact) mass is 314 g/mol. The molecule has 0 aromatic carbocycles. The van der Waals surface area contributed by atoms with Crippen molar-refractivity contribution >= 4 is 11.9 Å². The largest absolute Gasteiger partial charge is 0.473 e. The molecule has 1 saturated carbocycles. The number of carbonyl (C=O) groups is 2. The fraction of sp³-hybridized carbons (Fsp3) is 0.875. The van der Waals surface area contributed by atoms with E-state index in [2.05, 4.69) is 23.6 Å². The predicted molar refractivity (Wildman–Crippen MR) is 85.0 cm³/mol. The molecule has 2 fully saturated rings. The summed E-state index contributed by atoms with van der Waals surface area (Å²) in [5.74, 6) is -3.65. The van der Waals surface area contributed by atoms with Crippen LogP contribution in [0, 0.1) is 0 Å². The Hall–Kier alpha value is -1.14. The molecule has 0 spiro atoms. The molecule has 0 unspecified atom stereocenters. The second-order valence-corrected chi connectivity index (χ2v) is 6.42. The average Bonchev–Trinajstić information content (AvgIpc) is 2.77. The van der Waals surface area contributed by atoms with E-state index >= 15 is 0 Å². The lowest BCUT2D eigenvalue weighted by Crippen LogP contribution is -2.51. The highest BCUT2D eigenvalue weighted by atomic mass is 16.4. The van der Waals surface area contributed by atoms with Gasteiger partial charge in [-0.3, -0.25) is 9.80 Å². The molecule has 6 nitrogen and oxygen atoms in total. The SMILES string of the molecule is CC(C)N1CCN(C2CCCCCC2)CC1.O=C(O)C(=O)O. The molecule has 0 aromatic heterocycles. The van der Waals surface area contributed by atoms with E-state index in [0.717, 1.165) is 12.1 Å². The summed E-state index contributed by atoms with van der Waals surface area (Å²) in [4.78, 5) is 23.6. The summed E-state index contributed by atoms with van der Waals surface area (Å²) in [5, 5.41) is 14.8. The first kappa shape index (κ1) is 18.9. The van der Waals surface area contributed by atoms with Crippen molar-refractivity contribution in [3.8, 4) is 0 Å². The van der Waals surface area contributed by atoms with Crippen molar-refractivity contribution in [1.82, 2.24) is 9.80 Å². The smallest absolute Gasteiger partial charge is 0.414 e. The van der Waals surface area contributed by atoms with Crippen LogP contribution >= 0.6 is 0 Å². The summed E-state index contributed by atoms with van der Waals surface area (Å²) in [6, 6.07) is 1.65. The van der Waals surface area contributed by atoms with Gasteiger partial charge in [-0.25, -0.2) is 9.59 Å². The predicted octanol–water partition coefficient (Wildman–Crippen LogP) is 1.89. The van der Waals surface area contributed by atoms with Crippen molar-refractivity contribution in [2.45, 2.75) is 64.5 Å². The topological polar surface area (TPSA) is 81.1 Å². The Kier molecular flexibility index (Phi) is 8.42. The van der Waals surface area contributed by atoms with Gasteiger partial charge < -0.3 is 10.2 Å². The Labute approximate surface area is 133 Å². The van der Waals surface area contributed by atoms with Crippen LogP contribution in [-0.2, 0) is 9.59 Å². The van der Waals surface area contributed by atoms with Crippen LogP contribution in [0.25, 0.3) is 0 Å². The van der Waals surface area contributed by atoms with E-state index in [0.29, 0.717) is 0 Å². The highest BCUT2D eigenvalue weighted by molar-refractivity contribution is 6.27. The van der Waals surface area contributed by atoms with E-state index in [1.54, 1.807) is 0 Å². The third-order valence-corrected chi connectivity index (χ3v) is 4.60. The normalized spacial score (nSPS) is 21.8. The molecule has 2 aliphatic rings. The zero-order chi connectivity index (χ0) is 16.5. The average molecular weight is 314 g/mol. The maximum atomic E-state index is 9.10. The van der Waals surface area contributed by atoms with Crippen molar-refractivity contribution in [3.05, 3.63) is 0 Å². The Morgan fingerprint density at radius 2 is 1.32 bits per heavy atom. The first-order valence-electron chi connectivity index (χ1n) is 8.36. The van der Waals surface area contributed by atoms with E-state index in [4.69, 9.17) is 19.8 Å². The lowest BCUT2D eigenvalue weighted by Gasteiger charge is -2.40. The summed E-state index contributed by atoms with van der Waals surface area (Å²) in [6.07, 6.45) is 8.80. The van der Waals surface area contributed by atoms with Gasteiger partial charge in [0.15, 0.2) is 0 Å². The van der Waals surface area contributed by atoms with E-state index in [-0.39, 0.29) is 0 Å². The maximum absolute atomic E-state index is 9.10. The van der Waals surface area contributed by atoms with E-state index in [1.807, 2.05) is 0 Å². The second kappa shape index (κ2) is 9.79. The molecular weight excluding hydrogens is 284 g/mol. The fourth-order valence-electron chi connectivity index (χ4n) is 3.24. The summed E-state index contributed by atoms with van der Waals surface area (Å²) < 4.78 is 0. The van der Waals surface area contributed by atoms with Gasteiger partial charge in [-0.1, -0.05) is 25.7 Å². The Balaban J connectivity index is 0.000000346. The van der Waals surface area contributed by atoms with Crippen molar-refractivity contribution < 1.29 is 19.8 Å². The standard InChI is InChI=1S/C14H28N2.C2H2O4/c1-13(2)15-9-11-16(12-10-15)14-7-5-3-4-6-8-14;3-1(4)2(5)6/h13-14H,3-12H2,1-2H3;(H,3,4)(H,5,6). The molecule has 2 rings (SSSR count). The van der Waals surface area contributed by atoms with Crippen molar-refractivity contribution in [1.29, 1.82) is 0 Å². The zero-order valence-electron chi connectivity index (χ0n) is 13.8. The van der Waals surface area contributed by atoms with Gasteiger partial charge in [0, 0.05) is 38.3 Å². The molecule has 1 heterocycles. The van der Waals surface area contributed by atoms with Crippen LogP contribution in [0.15, 0.2) is 0 Å². The van der Waals surface area contributed by atoms with Gasteiger partial charge in [0.05, 0.1) is 0 Å². The first-order chi connectivity index (χ1) is 10.4. The van der Waals surface area contributed by atoms with Crippen LogP contribution in [0.1, 0.15) is 52.4 Å². The molecule has 0 radical (unpaired) electrons. The number of piperazine rings is 1. The number of rotatable bonds is 2. The van der Waals surface area contributed by atoms with E-state index < -0.39 is 11.9 Å². The Morgan fingerprint density at radius 1 is 0.864 bits per heavy atom. The quantitative estimate of drug-likeness (QED) is 0.598. The highest BCUT2D eigenvalue weighted by Crippen LogP contribution is 2.23. The lowest BCUT2D eigenvalue weighted by molar-refractivity contribution is -0.159. The highest BCUT2D eigenvalue weighted by Gasteiger charge is 2.25. The molecule has 22 heavy (non-hydrogen) atoms. The Bertz CT molecular complexity index is 332. The van der Waals surface area contributed by atoms with Crippen molar-refractivity contribution in [2.75, 3.05) is 26.2 Å². The second-order valence-electron chi connectivity index (χ2n) is 6.42.